The predicted molar refractivity (Wildman–Crippen MR) is 166 cm³/mol. The average Bonchev–Trinajstić information content (AvgIpc) is 3.32. The van der Waals surface area contributed by atoms with Gasteiger partial charge in [-0.05, 0) is 97.6 Å². The molecule has 0 aromatic heterocycles. The molecule has 0 heterocycles. The first-order valence-corrected chi connectivity index (χ1v) is 13.7. The summed E-state index contributed by atoms with van der Waals surface area (Å²) < 4.78 is 0. The van der Waals surface area contributed by atoms with Gasteiger partial charge in [0.1, 0.15) is 0 Å². The van der Waals surface area contributed by atoms with Gasteiger partial charge in [-0.2, -0.15) is 0 Å². The molecule has 1 unspecified atom stereocenters. The summed E-state index contributed by atoms with van der Waals surface area (Å²) in [6.07, 6.45) is 9.10. The summed E-state index contributed by atoms with van der Waals surface area (Å²) in [5.41, 5.74) is 14.4. The summed E-state index contributed by atoms with van der Waals surface area (Å²) in [7, 11) is 0. The average molecular weight is 499 g/mol. The maximum absolute atomic E-state index is 2.42. The van der Waals surface area contributed by atoms with Crippen LogP contribution in [0.15, 0.2) is 140 Å². The predicted octanol–water partition coefficient (Wildman–Crippen LogP) is 8.41. The van der Waals surface area contributed by atoms with Crippen molar-refractivity contribution in [3.8, 4) is 33.4 Å². The number of hydrogen-bond donors (Lipinski definition) is 0. The summed E-state index contributed by atoms with van der Waals surface area (Å²) in [6.45, 7) is 4.56. The van der Waals surface area contributed by atoms with E-state index in [1.54, 1.807) is 0 Å². The van der Waals surface area contributed by atoms with E-state index in [1.807, 2.05) is 0 Å². The normalized spacial score (nSPS) is 15.4. The van der Waals surface area contributed by atoms with Crippen molar-refractivity contribution < 1.29 is 0 Å². The monoisotopic (exact) mass is 498 g/mol. The van der Waals surface area contributed by atoms with Crippen molar-refractivity contribution in [2.75, 3.05) is 0 Å². The molecule has 0 fully saturated rings. The summed E-state index contributed by atoms with van der Waals surface area (Å²) in [4.78, 5) is 0. The molecule has 0 heteroatoms. The summed E-state index contributed by atoms with van der Waals surface area (Å²) >= 11 is 0. The quantitative estimate of drug-likeness (QED) is 0.233. The molecule has 2 aliphatic rings. The summed E-state index contributed by atoms with van der Waals surface area (Å²) in [6, 6.07) is 41.9. The van der Waals surface area contributed by atoms with E-state index in [-0.39, 0.29) is 5.92 Å². The molecule has 0 saturated carbocycles. The van der Waals surface area contributed by atoms with Crippen LogP contribution < -0.4 is 10.4 Å². The number of allylic oxidation sites excluding steroid dienone is 4. The van der Waals surface area contributed by atoms with Gasteiger partial charge >= 0.3 is 0 Å². The Morgan fingerprint density at radius 3 is 1.64 bits per heavy atom. The molecule has 7 rings (SSSR count). The Balaban J connectivity index is 1.58. The van der Waals surface area contributed by atoms with E-state index in [9.17, 15) is 0 Å². The molecule has 0 amide bonds. The van der Waals surface area contributed by atoms with E-state index >= 15 is 0 Å². The smallest absolute Gasteiger partial charge is 0.0291 e. The van der Waals surface area contributed by atoms with Crippen molar-refractivity contribution in [2.45, 2.75) is 13.8 Å². The van der Waals surface area contributed by atoms with Gasteiger partial charge in [0.25, 0.3) is 0 Å². The Morgan fingerprint density at radius 1 is 0.513 bits per heavy atom. The molecule has 0 N–H and O–H groups in total. The highest BCUT2D eigenvalue weighted by Crippen LogP contribution is 2.39. The Morgan fingerprint density at radius 2 is 1.05 bits per heavy atom. The number of benzene rings is 5. The molecule has 5 aromatic rings. The zero-order chi connectivity index (χ0) is 26.3. The van der Waals surface area contributed by atoms with Crippen LogP contribution in [0.2, 0.25) is 0 Å². The molecule has 0 saturated heterocycles. The Kier molecular flexibility index (Phi) is 5.75. The lowest BCUT2D eigenvalue weighted by molar-refractivity contribution is 1.11. The first kappa shape index (κ1) is 23.4. The SMILES string of the molecule is Cc1cc(-c2ccccc2)cc(C)c1C1=c2c(-c3ccccc3)cc(-c3ccccc3)cc2=C2C=CC=CC21. The molecule has 186 valence electrons. The number of aryl methyl sites for hydroxylation is 2. The van der Waals surface area contributed by atoms with Crippen LogP contribution in [0.4, 0.5) is 0 Å². The van der Waals surface area contributed by atoms with Gasteiger partial charge in [0.15, 0.2) is 0 Å². The second kappa shape index (κ2) is 9.57. The lowest BCUT2D eigenvalue weighted by Crippen LogP contribution is -2.27. The van der Waals surface area contributed by atoms with Crippen LogP contribution in [0.25, 0.3) is 44.5 Å². The van der Waals surface area contributed by atoms with E-state index in [1.165, 1.54) is 71.7 Å². The van der Waals surface area contributed by atoms with E-state index in [0.29, 0.717) is 0 Å². The molecular formula is C39H30. The fourth-order valence-corrected chi connectivity index (χ4v) is 6.48. The Bertz CT molecular complexity index is 1860. The molecule has 0 nitrogen and oxygen atoms in total. The minimum atomic E-state index is 0.235. The van der Waals surface area contributed by atoms with Gasteiger partial charge in [-0.15, -0.1) is 0 Å². The Labute approximate surface area is 230 Å². The van der Waals surface area contributed by atoms with E-state index in [2.05, 4.69) is 153 Å². The van der Waals surface area contributed by atoms with Crippen molar-refractivity contribution in [3.05, 3.63) is 167 Å². The van der Waals surface area contributed by atoms with Crippen LogP contribution in [-0.4, -0.2) is 0 Å². The van der Waals surface area contributed by atoms with Crippen molar-refractivity contribution >= 4 is 11.1 Å². The maximum atomic E-state index is 2.42. The number of fused-ring (bicyclic) bond motifs is 2. The zero-order valence-electron chi connectivity index (χ0n) is 22.4. The molecule has 0 aliphatic heterocycles. The van der Waals surface area contributed by atoms with Crippen LogP contribution in [0.1, 0.15) is 16.7 Å². The minimum absolute atomic E-state index is 0.235. The first-order chi connectivity index (χ1) is 19.2. The van der Waals surface area contributed by atoms with E-state index in [4.69, 9.17) is 0 Å². The van der Waals surface area contributed by atoms with Crippen LogP contribution in [-0.2, 0) is 0 Å². The van der Waals surface area contributed by atoms with Crippen LogP contribution in [0, 0.1) is 19.8 Å². The van der Waals surface area contributed by atoms with Gasteiger partial charge in [0.2, 0.25) is 0 Å². The highest BCUT2D eigenvalue weighted by atomic mass is 14.3. The van der Waals surface area contributed by atoms with Crippen molar-refractivity contribution in [1.29, 1.82) is 0 Å². The fourth-order valence-electron chi connectivity index (χ4n) is 6.48. The van der Waals surface area contributed by atoms with Gasteiger partial charge in [-0.3, -0.25) is 0 Å². The molecule has 0 bridgehead atoms. The lowest BCUT2D eigenvalue weighted by atomic mass is 9.82. The lowest BCUT2D eigenvalue weighted by Gasteiger charge is -2.21. The van der Waals surface area contributed by atoms with Crippen molar-refractivity contribution in [3.63, 3.8) is 0 Å². The van der Waals surface area contributed by atoms with Crippen LogP contribution in [0.5, 0.6) is 0 Å². The largest absolute Gasteiger partial charge is 0.0726 e. The van der Waals surface area contributed by atoms with Gasteiger partial charge in [0, 0.05) is 5.92 Å². The van der Waals surface area contributed by atoms with Gasteiger partial charge in [-0.1, -0.05) is 127 Å². The highest BCUT2D eigenvalue weighted by Gasteiger charge is 2.29. The van der Waals surface area contributed by atoms with E-state index in [0.717, 1.165) is 0 Å². The molecule has 0 radical (unpaired) electrons. The highest BCUT2D eigenvalue weighted by molar-refractivity contribution is 5.93. The summed E-state index contributed by atoms with van der Waals surface area (Å²) in [5.74, 6) is 0.235. The van der Waals surface area contributed by atoms with Crippen LogP contribution >= 0.6 is 0 Å². The standard InChI is InChI=1S/C39H30/c1-26-22-31(28-14-6-3-7-15-28)23-27(2)37(26)39-34-21-13-12-20-33(34)36-25-32(29-16-8-4-9-17-29)24-35(38(36)39)30-18-10-5-11-19-30/h3-25,34H,1-2H3. The third-order valence-electron chi connectivity index (χ3n) is 8.16. The second-order valence-corrected chi connectivity index (χ2v) is 10.6. The summed E-state index contributed by atoms with van der Waals surface area (Å²) in [5, 5.41) is 2.72. The molecule has 5 aromatic carbocycles. The number of rotatable bonds is 4. The van der Waals surface area contributed by atoms with Gasteiger partial charge in [0.05, 0.1) is 0 Å². The Hall–Kier alpha value is -4.68. The zero-order valence-corrected chi connectivity index (χ0v) is 22.4. The van der Waals surface area contributed by atoms with Gasteiger partial charge in [-0.25, -0.2) is 0 Å². The van der Waals surface area contributed by atoms with Crippen molar-refractivity contribution in [1.82, 2.24) is 0 Å². The van der Waals surface area contributed by atoms with E-state index < -0.39 is 0 Å². The third kappa shape index (κ3) is 4.01. The molecule has 1 atom stereocenters. The topological polar surface area (TPSA) is 0 Å². The second-order valence-electron chi connectivity index (χ2n) is 10.6. The minimum Gasteiger partial charge on any atom is -0.0726 e. The fraction of sp³-hybridized carbons (Fsp3) is 0.0769. The van der Waals surface area contributed by atoms with Crippen LogP contribution in [0.3, 0.4) is 0 Å². The maximum Gasteiger partial charge on any atom is 0.0291 e. The first-order valence-electron chi connectivity index (χ1n) is 13.7. The molecular weight excluding hydrogens is 468 g/mol. The van der Waals surface area contributed by atoms with Crippen molar-refractivity contribution in [2.24, 2.45) is 5.92 Å². The van der Waals surface area contributed by atoms with Gasteiger partial charge < -0.3 is 0 Å². The third-order valence-corrected chi connectivity index (χ3v) is 8.16. The molecule has 2 aliphatic carbocycles. The molecule has 0 spiro atoms. The number of hydrogen-bond acceptors (Lipinski definition) is 0. The molecule has 39 heavy (non-hydrogen) atoms.